The predicted molar refractivity (Wildman–Crippen MR) is 98.8 cm³/mol. The molecule has 2 saturated carbocycles. The van der Waals surface area contributed by atoms with Gasteiger partial charge in [0.1, 0.15) is 0 Å². The molecule has 0 saturated heterocycles. The smallest absolute Gasteiger partial charge is 0.154 e. The van der Waals surface area contributed by atoms with Crippen LogP contribution in [0.15, 0.2) is 0 Å². The maximum atomic E-state index is 9.72. The molecule has 3 heteroatoms. The monoisotopic (exact) mass is 340 g/mol. The zero-order valence-electron chi connectivity index (χ0n) is 16.4. The van der Waals surface area contributed by atoms with Gasteiger partial charge >= 0.3 is 0 Å². The molecule has 3 unspecified atom stereocenters. The average molecular weight is 341 g/mol. The van der Waals surface area contributed by atoms with Crippen molar-refractivity contribution in [2.45, 2.75) is 103 Å². The standard InChI is InChI=1S/C21H40O3/c1-5-17(14-15(2)18-6-10-20(22)11-7-18)19-8-12-21(13-9-19)24-16(3)23-4/h15-22H,5-14H2,1-4H3. The molecular weight excluding hydrogens is 300 g/mol. The third-order valence-electron chi connectivity index (χ3n) is 6.85. The maximum absolute atomic E-state index is 9.72. The summed E-state index contributed by atoms with van der Waals surface area (Å²) in [5.74, 6) is 3.39. The molecule has 0 aromatic carbocycles. The van der Waals surface area contributed by atoms with Crippen LogP contribution in [0.2, 0.25) is 0 Å². The molecule has 2 aliphatic rings. The van der Waals surface area contributed by atoms with Crippen molar-refractivity contribution < 1.29 is 14.6 Å². The van der Waals surface area contributed by atoms with E-state index in [2.05, 4.69) is 13.8 Å². The first-order valence-corrected chi connectivity index (χ1v) is 10.4. The first kappa shape index (κ1) is 20.2. The Morgan fingerprint density at radius 3 is 2.04 bits per heavy atom. The lowest BCUT2D eigenvalue weighted by atomic mass is 9.70. The van der Waals surface area contributed by atoms with Crippen LogP contribution in [0.5, 0.6) is 0 Å². The van der Waals surface area contributed by atoms with Crippen molar-refractivity contribution in [3.05, 3.63) is 0 Å². The SMILES string of the molecule is CCC(CC(C)C1CCC(O)CC1)C1CCC(OC(C)OC)CC1. The Morgan fingerprint density at radius 2 is 1.50 bits per heavy atom. The Bertz CT molecular complexity index is 330. The maximum Gasteiger partial charge on any atom is 0.154 e. The summed E-state index contributed by atoms with van der Waals surface area (Å²) in [6, 6.07) is 0. The van der Waals surface area contributed by atoms with Crippen LogP contribution in [0.3, 0.4) is 0 Å². The van der Waals surface area contributed by atoms with E-state index in [4.69, 9.17) is 9.47 Å². The van der Waals surface area contributed by atoms with Crippen molar-refractivity contribution >= 4 is 0 Å². The fraction of sp³-hybridized carbons (Fsp3) is 1.00. The molecule has 24 heavy (non-hydrogen) atoms. The molecule has 0 amide bonds. The van der Waals surface area contributed by atoms with Gasteiger partial charge in [0.2, 0.25) is 0 Å². The van der Waals surface area contributed by atoms with Crippen LogP contribution in [0.4, 0.5) is 0 Å². The van der Waals surface area contributed by atoms with Gasteiger partial charge in [0.15, 0.2) is 6.29 Å². The molecule has 0 aromatic heterocycles. The van der Waals surface area contributed by atoms with Gasteiger partial charge in [-0.05, 0) is 88.4 Å². The second kappa shape index (κ2) is 10.1. The number of rotatable bonds is 8. The molecule has 2 fully saturated rings. The van der Waals surface area contributed by atoms with Gasteiger partial charge in [0.05, 0.1) is 12.2 Å². The zero-order valence-corrected chi connectivity index (χ0v) is 16.4. The van der Waals surface area contributed by atoms with E-state index in [1.807, 2.05) is 6.92 Å². The number of hydrogen-bond donors (Lipinski definition) is 1. The molecule has 2 rings (SSSR count). The summed E-state index contributed by atoms with van der Waals surface area (Å²) < 4.78 is 11.2. The number of hydrogen-bond acceptors (Lipinski definition) is 3. The van der Waals surface area contributed by atoms with Crippen molar-refractivity contribution in [3.63, 3.8) is 0 Å². The molecule has 142 valence electrons. The molecule has 1 N–H and O–H groups in total. The molecule has 2 aliphatic carbocycles. The third kappa shape index (κ3) is 6.00. The Hall–Kier alpha value is -0.120. The first-order valence-electron chi connectivity index (χ1n) is 10.4. The van der Waals surface area contributed by atoms with E-state index in [-0.39, 0.29) is 12.4 Å². The summed E-state index contributed by atoms with van der Waals surface area (Å²) in [7, 11) is 1.72. The van der Waals surface area contributed by atoms with Gasteiger partial charge in [-0.1, -0.05) is 20.3 Å². The van der Waals surface area contributed by atoms with E-state index in [1.165, 1.54) is 51.4 Å². The number of aliphatic hydroxyl groups is 1. The molecular formula is C21H40O3. The lowest BCUT2D eigenvalue weighted by molar-refractivity contribution is -0.154. The highest BCUT2D eigenvalue weighted by Crippen LogP contribution is 2.40. The van der Waals surface area contributed by atoms with Crippen LogP contribution in [-0.4, -0.2) is 30.7 Å². The zero-order chi connectivity index (χ0) is 17.5. The van der Waals surface area contributed by atoms with Crippen molar-refractivity contribution in [1.82, 2.24) is 0 Å². The number of ether oxygens (including phenoxy) is 2. The van der Waals surface area contributed by atoms with Gasteiger partial charge in [-0.15, -0.1) is 0 Å². The Balaban J connectivity index is 1.75. The number of methoxy groups -OCH3 is 1. The van der Waals surface area contributed by atoms with E-state index >= 15 is 0 Å². The van der Waals surface area contributed by atoms with Crippen molar-refractivity contribution in [2.75, 3.05) is 7.11 Å². The highest BCUT2D eigenvalue weighted by molar-refractivity contribution is 4.82. The Kier molecular flexibility index (Phi) is 8.53. The summed E-state index contributed by atoms with van der Waals surface area (Å²) in [6.07, 6.45) is 12.5. The van der Waals surface area contributed by atoms with Crippen LogP contribution in [0, 0.1) is 23.7 Å². The van der Waals surface area contributed by atoms with Gasteiger partial charge in [0.25, 0.3) is 0 Å². The summed E-state index contributed by atoms with van der Waals surface area (Å²) in [5.41, 5.74) is 0. The van der Waals surface area contributed by atoms with Gasteiger partial charge < -0.3 is 14.6 Å². The van der Waals surface area contributed by atoms with Crippen molar-refractivity contribution in [2.24, 2.45) is 23.7 Å². The summed E-state index contributed by atoms with van der Waals surface area (Å²) >= 11 is 0. The Labute approximate surface area is 149 Å². The molecule has 0 spiro atoms. The fourth-order valence-electron chi connectivity index (χ4n) is 5.06. The molecule has 0 heterocycles. The quantitative estimate of drug-likeness (QED) is 0.620. The largest absolute Gasteiger partial charge is 0.393 e. The molecule has 0 bridgehead atoms. The van der Waals surface area contributed by atoms with Crippen LogP contribution >= 0.6 is 0 Å². The predicted octanol–water partition coefficient (Wildman–Crippen LogP) is 5.16. The van der Waals surface area contributed by atoms with Crippen LogP contribution in [0.1, 0.15) is 85.0 Å². The van der Waals surface area contributed by atoms with Gasteiger partial charge in [-0.3, -0.25) is 0 Å². The third-order valence-corrected chi connectivity index (χ3v) is 6.85. The topological polar surface area (TPSA) is 38.7 Å². The van der Waals surface area contributed by atoms with Crippen molar-refractivity contribution in [1.29, 1.82) is 0 Å². The Morgan fingerprint density at radius 1 is 0.917 bits per heavy atom. The van der Waals surface area contributed by atoms with Gasteiger partial charge in [0, 0.05) is 7.11 Å². The molecule has 0 aliphatic heterocycles. The van der Waals surface area contributed by atoms with Crippen LogP contribution < -0.4 is 0 Å². The van der Waals surface area contributed by atoms with E-state index in [9.17, 15) is 5.11 Å². The van der Waals surface area contributed by atoms with Crippen molar-refractivity contribution in [3.8, 4) is 0 Å². The minimum absolute atomic E-state index is 0.0276. The molecule has 3 atom stereocenters. The lowest BCUT2D eigenvalue weighted by Crippen LogP contribution is -2.30. The highest BCUT2D eigenvalue weighted by Gasteiger charge is 2.31. The first-order chi connectivity index (χ1) is 11.5. The van der Waals surface area contributed by atoms with Crippen LogP contribution in [-0.2, 0) is 9.47 Å². The van der Waals surface area contributed by atoms with E-state index in [0.717, 1.165) is 36.5 Å². The summed E-state index contributed by atoms with van der Waals surface area (Å²) in [5, 5.41) is 9.72. The summed E-state index contributed by atoms with van der Waals surface area (Å²) in [6.45, 7) is 6.82. The normalized spacial score (nSPS) is 35.4. The molecule has 3 nitrogen and oxygen atoms in total. The minimum Gasteiger partial charge on any atom is -0.393 e. The van der Waals surface area contributed by atoms with Gasteiger partial charge in [-0.2, -0.15) is 0 Å². The number of aliphatic hydroxyl groups excluding tert-OH is 1. The van der Waals surface area contributed by atoms with E-state index in [1.54, 1.807) is 7.11 Å². The lowest BCUT2D eigenvalue weighted by Gasteiger charge is -2.37. The highest BCUT2D eigenvalue weighted by atomic mass is 16.7. The summed E-state index contributed by atoms with van der Waals surface area (Å²) in [4.78, 5) is 0. The minimum atomic E-state index is -0.0739. The van der Waals surface area contributed by atoms with Crippen LogP contribution in [0.25, 0.3) is 0 Å². The van der Waals surface area contributed by atoms with Gasteiger partial charge in [-0.25, -0.2) is 0 Å². The molecule has 0 aromatic rings. The second-order valence-corrected chi connectivity index (χ2v) is 8.43. The van der Waals surface area contributed by atoms with E-state index in [0.29, 0.717) is 6.10 Å². The molecule has 0 radical (unpaired) electrons. The fourth-order valence-corrected chi connectivity index (χ4v) is 5.06. The second-order valence-electron chi connectivity index (χ2n) is 8.43. The van der Waals surface area contributed by atoms with E-state index < -0.39 is 0 Å². The average Bonchev–Trinajstić information content (AvgIpc) is 2.60.